The van der Waals surface area contributed by atoms with Gasteiger partial charge in [0.05, 0.1) is 38.3 Å². The van der Waals surface area contributed by atoms with Gasteiger partial charge in [-0.05, 0) is 169 Å². The number of benzene rings is 3. The third-order valence-electron chi connectivity index (χ3n) is 22.4. The highest BCUT2D eigenvalue weighted by molar-refractivity contribution is 7.98. The van der Waals surface area contributed by atoms with E-state index < -0.39 is 243 Å². The van der Waals surface area contributed by atoms with Crippen molar-refractivity contribution in [2.24, 2.45) is 34.6 Å². The highest BCUT2D eigenvalue weighted by Gasteiger charge is 2.42. The zero-order valence-electron chi connectivity index (χ0n) is 77.0. The van der Waals surface area contributed by atoms with Crippen LogP contribution in [0.25, 0.3) is 10.9 Å². The minimum atomic E-state index is -1.81. The Morgan fingerprint density at radius 2 is 0.964 bits per heavy atom. The van der Waals surface area contributed by atoms with Gasteiger partial charge in [-0.15, -0.1) is 0 Å². The highest BCUT2D eigenvalue weighted by atomic mass is 32.2. The van der Waals surface area contributed by atoms with E-state index >= 15 is 14.4 Å². The summed E-state index contributed by atoms with van der Waals surface area (Å²) in [5.74, 6) is -17.7. The molecule has 2 aromatic heterocycles. The predicted octanol–water partition coefficient (Wildman–Crippen LogP) is -5.77. The summed E-state index contributed by atoms with van der Waals surface area (Å²) in [6, 6.07) is -0.156. The van der Waals surface area contributed by atoms with Crippen LogP contribution in [0.3, 0.4) is 0 Å². The Hall–Kier alpha value is -13.4. The smallest absolute Gasteiger partial charge is 0.326 e. The van der Waals surface area contributed by atoms with Crippen LogP contribution in [-0.2, 0) is 107 Å². The minimum Gasteiger partial charge on any atom is -0.508 e. The number of unbranched alkanes of at least 4 members (excludes halogenated alkanes) is 3. The Labute approximate surface area is 795 Å². The first-order valence-corrected chi connectivity index (χ1v) is 46.8. The van der Waals surface area contributed by atoms with Crippen LogP contribution in [0.15, 0.2) is 97.6 Å². The number of aromatic hydroxyl groups is 1. The number of nitrogens with one attached hydrogen (secondary N) is 18. The van der Waals surface area contributed by atoms with E-state index in [0.29, 0.717) is 79.1 Å². The van der Waals surface area contributed by atoms with Crippen molar-refractivity contribution in [2.75, 3.05) is 71.0 Å². The fourth-order valence-electron chi connectivity index (χ4n) is 14.9. The van der Waals surface area contributed by atoms with Crippen molar-refractivity contribution in [2.45, 2.75) is 227 Å². The normalized spacial score (nSPS) is 15.1. The number of carboxylic acid groups (broad SMARTS) is 2. The summed E-state index contributed by atoms with van der Waals surface area (Å²) < 4.78 is 0. The number of thioether (sulfide) groups is 1. The van der Waals surface area contributed by atoms with Gasteiger partial charge in [0.25, 0.3) is 0 Å². The lowest BCUT2D eigenvalue weighted by atomic mass is 10.0. The molecule has 48 heteroatoms. The number of rotatable bonds is 63. The number of imidazole rings is 1. The summed E-state index contributed by atoms with van der Waals surface area (Å²) in [6.07, 6.45) is 6.05. The maximum absolute atomic E-state index is 15.3. The Kier molecular flexibility index (Phi) is 48.7. The molecule has 47 nitrogen and oxygen atoms in total. The molecule has 752 valence electrons. The molecule has 5 aromatic rings. The number of likely N-dealkylation sites (tertiary alicyclic amines) is 1. The number of nitrogens with zero attached hydrogens (tertiary/aromatic N) is 2. The Morgan fingerprint density at radius 1 is 0.496 bits per heavy atom. The number of nitrogens with two attached hydrogens (primary N) is 5. The standard InChI is InChI=1S/C89H133N25O22S/c1-50(2)74(86(133)100-46-71(118)102-59(21-9-12-33-90)77(124)107-64(88(135)136)23-11-14-35-92)113-85(132)70-25-16-37-114(70)87(134)63(22-10-13-34-91)103-72(119)45-99-76(123)67(41-53-43-98-58-20-8-7-19-56(53)58)110-78(125)60(24-15-36-97-89(94)95)104-81(128)66(39-51-17-5-4-6-18-51)109-83(130)68(42-54-44-96-49-101-54)111-79(126)61(30-31-73(120)121)105-80(127)62(32-38-137-3)106-84(131)69(48-116)112-82(129)65(108-75(122)57(93)47-115)40-52-26-28-55(117)29-27-52/h4-8,17-20,26-29,43-44,49-50,57,59-70,74,98,115-117H,9-16,21-25,30-42,45-48,90-93H2,1-3H3,(H,96,101)(H,99,123)(H,100,133)(H,102,118)(H,103,119)(H,104,128)(H,105,127)(H,106,131)(H,107,124)(H,108,122)(H,109,130)(H,110,125)(H,111,126)(H,112,129)(H,113,132)(H,120,121)(H,135,136)(H4,94,95,97). The molecule has 0 radical (unpaired) electrons. The number of guanidine groups is 1. The molecule has 6 rings (SSSR count). The van der Waals surface area contributed by atoms with Crippen LogP contribution in [0.2, 0.25) is 0 Å². The maximum Gasteiger partial charge on any atom is 0.326 e. The number of carbonyl (C=O) groups is 17. The largest absolute Gasteiger partial charge is 0.508 e. The lowest BCUT2D eigenvalue weighted by Crippen LogP contribution is -2.61. The first-order valence-electron chi connectivity index (χ1n) is 45.4. The molecule has 1 aliphatic heterocycles. The summed E-state index contributed by atoms with van der Waals surface area (Å²) in [7, 11) is 0. The molecule has 1 aliphatic rings. The average Bonchev–Trinajstić information content (AvgIpc) is 1.71. The molecule has 0 spiro atoms. The van der Waals surface area contributed by atoms with Crippen molar-refractivity contribution in [1.29, 1.82) is 5.41 Å². The maximum atomic E-state index is 15.3. The molecule has 14 unspecified atom stereocenters. The molecule has 3 heterocycles. The fraction of sp³-hybridized carbons (Fsp3) is 0.539. The van der Waals surface area contributed by atoms with Crippen LogP contribution in [0.1, 0.15) is 139 Å². The first-order chi connectivity index (χ1) is 65.5. The Morgan fingerprint density at radius 3 is 1.50 bits per heavy atom. The first kappa shape index (κ1) is 112. The van der Waals surface area contributed by atoms with Crippen molar-refractivity contribution in [3.05, 3.63) is 120 Å². The van der Waals surface area contributed by atoms with Gasteiger partial charge in [-0.1, -0.05) is 74.5 Å². The molecule has 137 heavy (non-hydrogen) atoms. The molecule has 3 aromatic carbocycles. The minimum absolute atomic E-state index is 0.00661. The van der Waals surface area contributed by atoms with Gasteiger partial charge < -0.3 is 149 Å². The van der Waals surface area contributed by atoms with Crippen LogP contribution >= 0.6 is 11.8 Å². The summed E-state index contributed by atoms with van der Waals surface area (Å²) >= 11 is 1.23. The number of carbonyl (C=O) groups excluding carboxylic acids is 15. The van der Waals surface area contributed by atoms with Gasteiger partial charge in [0.15, 0.2) is 5.96 Å². The third-order valence-corrected chi connectivity index (χ3v) is 23.1. The molecular weight excluding hydrogens is 1800 g/mol. The summed E-state index contributed by atoms with van der Waals surface area (Å²) in [6.45, 7) is 0.732. The van der Waals surface area contributed by atoms with Gasteiger partial charge in [0, 0.05) is 68.5 Å². The van der Waals surface area contributed by atoms with E-state index in [-0.39, 0.29) is 108 Å². The molecule has 33 N–H and O–H groups in total. The number of H-pyrrole nitrogens is 2. The van der Waals surface area contributed by atoms with Gasteiger partial charge in [-0.25, -0.2) is 9.78 Å². The van der Waals surface area contributed by atoms with Crippen LogP contribution in [0.5, 0.6) is 5.75 Å². The van der Waals surface area contributed by atoms with E-state index in [4.69, 9.17) is 34.1 Å². The average molecular weight is 1940 g/mol. The van der Waals surface area contributed by atoms with E-state index in [2.05, 4.69) is 94.7 Å². The van der Waals surface area contributed by atoms with Gasteiger partial charge in [-0.3, -0.25) is 82.1 Å². The fourth-order valence-corrected chi connectivity index (χ4v) is 15.3. The number of aliphatic hydroxyl groups is 2. The van der Waals surface area contributed by atoms with E-state index in [1.807, 2.05) is 0 Å². The monoisotopic (exact) mass is 1940 g/mol. The van der Waals surface area contributed by atoms with Crippen molar-refractivity contribution in [3.8, 4) is 5.75 Å². The van der Waals surface area contributed by atoms with Crippen LogP contribution in [-0.4, -0.2) is 308 Å². The summed E-state index contributed by atoms with van der Waals surface area (Å²) in [4.78, 5) is 251. The highest BCUT2D eigenvalue weighted by Crippen LogP contribution is 2.24. The number of aliphatic hydroxyl groups excluding tert-OH is 2. The van der Waals surface area contributed by atoms with E-state index in [9.17, 15) is 92.7 Å². The SMILES string of the molecule is CSCCC(NC(=O)C(CO)NC(=O)C(Cc1ccc(O)cc1)NC(=O)C(N)CO)C(=O)NC(CCC(=O)O)C(=O)NC(Cc1c[nH]cn1)C(=O)NC(Cc1ccccc1)C(=O)NC(CCCNC(=N)N)C(=O)NC(Cc1c[nH]c2ccccc12)C(=O)NCC(=O)NC(CCCCN)C(=O)N1CCCC1C(=O)NC(C(=O)NCC(=O)NC(CCCCN)C(=O)NC(CCCCN)C(=O)O)C(C)C. The molecular formula is C89H133N25O22S. The van der Waals surface area contributed by atoms with Gasteiger partial charge in [0.1, 0.15) is 90.3 Å². The summed E-state index contributed by atoms with van der Waals surface area (Å²) in [5, 5.41) is 96.7. The zero-order chi connectivity index (χ0) is 101. The van der Waals surface area contributed by atoms with Gasteiger partial charge in [-0.2, -0.15) is 11.8 Å². The molecule has 0 saturated carbocycles. The molecule has 0 aliphatic carbocycles. The van der Waals surface area contributed by atoms with Gasteiger partial charge in [0.2, 0.25) is 88.6 Å². The van der Waals surface area contributed by atoms with Gasteiger partial charge >= 0.3 is 11.9 Å². The number of hydrogen-bond acceptors (Lipinski definition) is 27. The van der Waals surface area contributed by atoms with Crippen LogP contribution < -0.4 is 108 Å². The number of amides is 15. The Bertz CT molecular complexity index is 4820. The van der Waals surface area contributed by atoms with Crippen molar-refractivity contribution in [3.63, 3.8) is 0 Å². The number of para-hydroxylation sites is 1. The van der Waals surface area contributed by atoms with Crippen molar-refractivity contribution >= 4 is 129 Å². The predicted molar refractivity (Wildman–Crippen MR) is 503 cm³/mol. The Balaban J connectivity index is 1.22. The van der Waals surface area contributed by atoms with E-state index in [1.54, 1.807) is 80.9 Å². The molecule has 14 atom stereocenters. The molecule has 15 amide bonds. The van der Waals surface area contributed by atoms with E-state index in [1.165, 1.54) is 53.5 Å². The number of fused-ring (bicyclic) bond motifs is 1. The van der Waals surface area contributed by atoms with Crippen LogP contribution in [0.4, 0.5) is 0 Å². The molecule has 1 fully saturated rings. The molecule has 0 bridgehead atoms. The second-order valence-corrected chi connectivity index (χ2v) is 34.4. The number of aromatic amines is 2. The van der Waals surface area contributed by atoms with Crippen LogP contribution in [0, 0.1) is 11.3 Å². The van der Waals surface area contributed by atoms with Crippen molar-refractivity contribution < 1.29 is 107 Å². The number of aromatic nitrogens is 3. The van der Waals surface area contributed by atoms with E-state index in [0.717, 1.165) is 0 Å². The lowest BCUT2D eigenvalue weighted by molar-refractivity contribution is -0.142. The number of hydrogen-bond donors (Lipinski definition) is 28. The number of phenols is 1. The lowest BCUT2D eigenvalue weighted by Gasteiger charge is -2.30. The summed E-state index contributed by atoms with van der Waals surface area (Å²) in [5.41, 5.74) is 30.7. The quantitative estimate of drug-likeness (QED) is 0.00980. The van der Waals surface area contributed by atoms with Crippen molar-refractivity contribution in [1.82, 2.24) is 99.6 Å². The second-order valence-electron chi connectivity index (χ2n) is 33.4. The second kappa shape index (κ2) is 59.5. The topological polar surface area (TPSA) is 773 Å². The molecule has 1 saturated heterocycles. The number of carboxylic acids is 2. The third kappa shape index (κ3) is 38.7. The zero-order valence-corrected chi connectivity index (χ0v) is 77.8. The number of phenolic OH excluding ortho intramolecular Hbond substituents is 1. The number of aliphatic carboxylic acids is 2.